The highest BCUT2D eigenvalue weighted by Gasteiger charge is 2.19. The average Bonchev–Trinajstić information content (AvgIpc) is 3.34. The largest absolute Gasteiger partial charge is 0.481 e. The Bertz CT molecular complexity index is 1540. The number of fused-ring (bicyclic) bond motifs is 1. The molecule has 0 saturated carbocycles. The molecule has 0 aliphatic rings. The zero-order valence-corrected chi connectivity index (χ0v) is 20.2. The van der Waals surface area contributed by atoms with Crippen LogP contribution in [0.3, 0.4) is 0 Å². The van der Waals surface area contributed by atoms with Crippen molar-refractivity contribution in [2.75, 3.05) is 0 Å². The second kappa shape index (κ2) is 9.39. The Morgan fingerprint density at radius 3 is 2.60 bits per heavy atom. The van der Waals surface area contributed by atoms with E-state index in [1.54, 1.807) is 0 Å². The van der Waals surface area contributed by atoms with E-state index in [1.165, 1.54) is 0 Å². The third-order valence-corrected chi connectivity index (χ3v) is 6.39. The van der Waals surface area contributed by atoms with E-state index in [9.17, 15) is 9.90 Å². The number of hydrogen-bond donors (Lipinski definition) is 1. The van der Waals surface area contributed by atoms with E-state index in [0.29, 0.717) is 23.4 Å². The van der Waals surface area contributed by atoms with Gasteiger partial charge in [-0.15, -0.1) is 0 Å². The number of rotatable bonds is 7. The zero-order chi connectivity index (χ0) is 24.5. The van der Waals surface area contributed by atoms with Crippen LogP contribution in [-0.2, 0) is 24.1 Å². The number of pyridine rings is 1. The predicted octanol–water partition coefficient (Wildman–Crippen LogP) is 6.09. The van der Waals surface area contributed by atoms with Crippen molar-refractivity contribution in [3.8, 4) is 5.69 Å². The van der Waals surface area contributed by atoms with E-state index in [0.717, 1.165) is 50.6 Å². The lowest BCUT2D eigenvalue weighted by Crippen LogP contribution is -2.03. The zero-order valence-electron chi connectivity index (χ0n) is 19.5. The van der Waals surface area contributed by atoms with Crippen molar-refractivity contribution in [2.45, 2.75) is 33.1 Å². The number of carboxylic acid groups (broad SMARTS) is 1. The molecule has 0 atom stereocenters. The molecule has 0 aliphatic carbocycles. The molecule has 0 fully saturated rings. The molecule has 35 heavy (non-hydrogen) atoms. The number of aromatic nitrogens is 3. The summed E-state index contributed by atoms with van der Waals surface area (Å²) >= 11 is 6.43. The summed E-state index contributed by atoms with van der Waals surface area (Å²) < 4.78 is 7.68. The van der Waals surface area contributed by atoms with Crippen LogP contribution in [0.5, 0.6) is 0 Å². The van der Waals surface area contributed by atoms with Gasteiger partial charge in [0.15, 0.2) is 0 Å². The molecule has 5 rings (SSSR count). The number of carbonyl (C=O) groups is 1. The van der Waals surface area contributed by atoms with E-state index in [1.807, 2.05) is 73.1 Å². The fraction of sp³-hybridized carbons (Fsp3) is 0.179. The molecule has 3 aromatic heterocycles. The Morgan fingerprint density at radius 1 is 1.03 bits per heavy atom. The Hall–Kier alpha value is -3.90. The molecule has 0 radical (unpaired) electrons. The van der Waals surface area contributed by atoms with Gasteiger partial charge in [0.05, 0.1) is 17.8 Å². The van der Waals surface area contributed by atoms with Crippen LogP contribution in [-0.4, -0.2) is 25.8 Å². The minimum Gasteiger partial charge on any atom is -0.481 e. The molecule has 6 nitrogen and oxygen atoms in total. The van der Waals surface area contributed by atoms with Crippen LogP contribution < -0.4 is 0 Å². The van der Waals surface area contributed by atoms with Crippen LogP contribution in [0, 0.1) is 13.8 Å². The van der Waals surface area contributed by atoms with Crippen molar-refractivity contribution in [3.63, 3.8) is 0 Å². The molecule has 0 spiro atoms. The van der Waals surface area contributed by atoms with Gasteiger partial charge in [-0.05, 0) is 60.9 Å². The van der Waals surface area contributed by atoms with Gasteiger partial charge in [-0.3, -0.25) is 4.79 Å². The molecular formula is C28H24ClN3O3. The summed E-state index contributed by atoms with van der Waals surface area (Å²) in [6, 6.07) is 19.7. The first kappa shape index (κ1) is 22.9. The number of carboxylic acids is 1. The lowest BCUT2D eigenvalue weighted by atomic mass is 9.98. The maximum atomic E-state index is 11.5. The first-order chi connectivity index (χ1) is 16.9. The van der Waals surface area contributed by atoms with Crippen LogP contribution in [0.1, 0.15) is 39.4 Å². The van der Waals surface area contributed by atoms with Gasteiger partial charge in [-0.25, -0.2) is 4.98 Å². The number of nitrogens with zero attached hydrogens (tertiary/aromatic N) is 3. The standard InChI is InChI=1S/C28H24ClN3O3/c1-17-8-10-23-21(15-27(33)34)16-32(28(23)30-17)25-11-9-22(29)13-20(25)14-24-18(2)31-35-26(24)12-19-6-4-3-5-7-19/h3-11,13,16H,12,14-15H2,1-2H3,(H,33,34). The van der Waals surface area contributed by atoms with Gasteiger partial charge in [0, 0.05) is 40.7 Å². The highest BCUT2D eigenvalue weighted by molar-refractivity contribution is 6.30. The minimum absolute atomic E-state index is 0.0802. The van der Waals surface area contributed by atoms with Crippen LogP contribution in [0.15, 0.2) is 71.4 Å². The molecule has 3 heterocycles. The normalized spacial score (nSPS) is 11.3. The first-order valence-electron chi connectivity index (χ1n) is 11.3. The van der Waals surface area contributed by atoms with Crippen molar-refractivity contribution in [3.05, 3.63) is 111 Å². The van der Waals surface area contributed by atoms with Crippen LogP contribution in [0.2, 0.25) is 5.02 Å². The van der Waals surface area contributed by atoms with Crippen molar-refractivity contribution in [1.29, 1.82) is 0 Å². The van der Waals surface area contributed by atoms with Crippen molar-refractivity contribution in [2.24, 2.45) is 0 Å². The number of halogens is 1. The second-order valence-electron chi connectivity index (χ2n) is 8.70. The van der Waals surface area contributed by atoms with Crippen LogP contribution in [0.4, 0.5) is 0 Å². The average molecular weight is 486 g/mol. The van der Waals surface area contributed by atoms with Gasteiger partial charge in [-0.2, -0.15) is 0 Å². The number of aryl methyl sites for hydroxylation is 2. The molecule has 1 N–H and O–H groups in total. The molecule has 2 aromatic carbocycles. The summed E-state index contributed by atoms with van der Waals surface area (Å²) in [6.45, 7) is 3.87. The Kier molecular flexibility index (Phi) is 6.14. The molecule has 7 heteroatoms. The fourth-order valence-electron chi connectivity index (χ4n) is 4.45. The molecule has 0 unspecified atom stereocenters. The maximum Gasteiger partial charge on any atom is 0.307 e. The maximum absolute atomic E-state index is 11.5. The number of hydrogen-bond acceptors (Lipinski definition) is 4. The van der Waals surface area contributed by atoms with E-state index in [2.05, 4.69) is 17.3 Å². The molecule has 0 aliphatic heterocycles. The van der Waals surface area contributed by atoms with Gasteiger partial charge < -0.3 is 14.2 Å². The SMILES string of the molecule is Cc1ccc2c(CC(=O)O)cn(-c3ccc(Cl)cc3Cc3c(C)noc3Cc3ccccc3)c2n1. The lowest BCUT2D eigenvalue weighted by Gasteiger charge is -2.13. The molecule has 0 bridgehead atoms. The number of benzene rings is 2. The van der Waals surface area contributed by atoms with E-state index < -0.39 is 5.97 Å². The van der Waals surface area contributed by atoms with Gasteiger partial charge in [-0.1, -0.05) is 47.1 Å². The fourth-order valence-corrected chi connectivity index (χ4v) is 4.65. The summed E-state index contributed by atoms with van der Waals surface area (Å²) in [6.07, 6.45) is 2.99. The second-order valence-corrected chi connectivity index (χ2v) is 9.14. The third-order valence-electron chi connectivity index (χ3n) is 6.16. The minimum atomic E-state index is -0.883. The smallest absolute Gasteiger partial charge is 0.307 e. The highest BCUT2D eigenvalue weighted by atomic mass is 35.5. The summed E-state index contributed by atoms with van der Waals surface area (Å²) in [5, 5.41) is 15.1. The summed E-state index contributed by atoms with van der Waals surface area (Å²) in [5.41, 5.74) is 7.15. The molecule has 0 amide bonds. The first-order valence-corrected chi connectivity index (χ1v) is 11.7. The summed E-state index contributed by atoms with van der Waals surface area (Å²) in [7, 11) is 0. The van der Waals surface area contributed by atoms with Crippen molar-refractivity contribution >= 4 is 28.6 Å². The quantitative estimate of drug-likeness (QED) is 0.301. The van der Waals surface area contributed by atoms with Crippen molar-refractivity contribution < 1.29 is 14.4 Å². The van der Waals surface area contributed by atoms with E-state index >= 15 is 0 Å². The van der Waals surface area contributed by atoms with Crippen LogP contribution >= 0.6 is 11.6 Å². The number of aliphatic carboxylic acids is 1. The molecule has 5 aromatic rings. The lowest BCUT2D eigenvalue weighted by molar-refractivity contribution is -0.136. The molecule has 176 valence electrons. The van der Waals surface area contributed by atoms with Gasteiger partial charge >= 0.3 is 5.97 Å². The van der Waals surface area contributed by atoms with E-state index in [-0.39, 0.29) is 6.42 Å². The van der Waals surface area contributed by atoms with Crippen molar-refractivity contribution in [1.82, 2.24) is 14.7 Å². The van der Waals surface area contributed by atoms with Crippen LogP contribution in [0.25, 0.3) is 16.7 Å². The molecular weight excluding hydrogens is 462 g/mol. The Morgan fingerprint density at radius 2 is 1.83 bits per heavy atom. The van der Waals surface area contributed by atoms with Gasteiger partial charge in [0.2, 0.25) is 0 Å². The van der Waals surface area contributed by atoms with E-state index in [4.69, 9.17) is 21.1 Å². The predicted molar refractivity (Wildman–Crippen MR) is 135 cm³/mol. The monoisotopic (exact) mass is 485 g/mol. The third kappa shape index (κ3) is 4.70. The highest BCUT2D eigenvalue weighted by Crippen LogP contribution is 2.31. The Balaban J connectivity index is 1.61. The Labute approximate surface area is 207 Å². The topological polar surface area (TPSA) is 81.1 Å². The summed E-state index contributed by atoms with van der Waals surface area (Å²) in [4.78, 5) is 16.2. The molecule has 0 saturated heterocycles. The van der Waals surface area contributed by atoms with Gasteiger partial charge in [0.1, 0.15) is 11.4 Å². The summed E-state index contributed by atoms with van der Waals surface area (Å²) in [5.74, 6) is -0.0656. The van der Waals surface area contributed by atoms with Gasteiger partial charge in [0.25, 0.3) is 0 Å².